The summed E-state index contributed by atoms with van der Waals surface area (Å²) in [5, 5.41) is 11.6. The quantitative estimate of drug-likeness (QED) is 0.831. The van der Waals surface area contributed by atoms with Gasteiger partial charge in [-0.05, 0) is 38.4 Å². The maximum atomic E-state index is 10.1. The molecule has 0 aliphatic carbocycles. The Bertz CT molecular complexity index is 287. The minimum atomic E-state index is -0.995. The highest BCUT2D eigenvalue weighted by Crippen LogP contribution is 2.14. The molecule has 15 heavy (non-hydrogen) atoms. The normalized spacial score (nSPS) is 8.73. The van der Waals surface area contributed by atoms with Gasteiger partial charge in [0.2, 0.25) is 0 Å². The number of aliphatic carboxylic acids is 1. The minimum Gasteiger partial charge on any atom is -0.482 e. The first-order valence-electron chi connectivity index (χ1n) is 4.28. The van der Waals surface area contributed by atoms with Crippen LogP contribution in [-0.2, 0) is 4.79 Å². The lowest BCUT2D eigenvalue weighted by Gasteiger charge is -2.01. The molecule has 0 amide bonds. The molecule has 5 heteroatoms. The predicted octanol–water partition coefficient (Wildman–Crippen LogP) is 1.64. The summed E-state index contributed by atoms with van der Waals surface area (Å²) in [5.74, 6) is -0.494. The molecule has 0 aliphatic heterocycles. The van der Waals surface area contributed by atoms with Crippen LogP contribution in [0.15, 0.2) is 24.3 Å². The lowest BCUT2D eigenvalue weighted by atomic mass is 10.3. The summed E-state index contributed by atoms with van der Waals surface area (Å²) >= 11 is 5.60. The number of hydrogen-bond donors (Lipinski definition) is 2. The van der Waals surface area contributed by atoms with Crippen molar-refractivity contribution in [3.63, 3.8) is 0 Å². The Balaban J connectivity index is 0.000000583. The average Bonchev–Trinajstić information content (AvgIpc) is 2.18. The van der Waals surface area contributed by atoms with E-state index in [2.05, 4.69) is 5.32 Å². The van der Waals surface area contributed by atoms with E-state index >= 15 is 0 Å². The third kappa shape index (κ3) is 7.78. The van der Waals surface area contributed by atoms with Gasteiger partial charge in [0.15, 0.2) is 6.61 Å². The van der Waals surface area contributed by atoms with Gasteiger partial charge in [-0.2, -0.15) is 0 Å². The summed E-state index contributed by atoms with van der Waals surface area (Å²) in [6.45, 7) is -0.332. The van der Waals surface area contributed by atoms with E-state index < -0.39 is 5.97 Å². The Morgan fingerprint density at radius 1 is 1.40 bits per heavy atom. The summed E-state index contributed by atoms with van der Waals surface area (Å²) in [7, 11) is 3.75. The van der Waals surface area contributed by atoms with Crippen LogP contribution >= 0.6 is 11.6 Å². The van der Waals surface area contributed by atoms with Gasteiger partial charge in [-0.1, -0.05) is 11.6 Å². The van der Waals surface area contributed by atoms with Gasteiger partial charge in [-0.15, -0.1) is 0 Å². The second-order valence-electron chi connectivity index (χ2n) is 2.64. The second-order valence-corrected chi connectivity index (χ2v) is 3.07. The van der Waals surface area contributed by atoms with Crippen molar-refractivity contribution in [3.05, 3.63) is 29.3 Å². The van der Waals surface area contributed by atoms with Crippen LogP contribution in [0.2, 0.25) is 5.02 Å². The van der Waals surface area contributed by atoms with Crippen LogP contribution in [0.3, 0.4) is 0 Å². The van der Waals surface area contributed by atoms with Gasteiger partial charge in [0.25, 0.3) is 0 Å². The highest BCUT2D eigenvalue weighted by Gasteiger charge is 1.97. The topological polar surface area (TPSA) is 58.6 Å². The van der Waals surface area contributed by atoms with Crippen LogP contribution in [-0.4, -0.2) is 31.8 Å². The molecule has 0 aromatic heterocycles. The van der Waals surface area contributed by atoms with Crippen molar-refractivity contribution in [2.24, 2.45) is 0 Å². The lowest BCUT2D eigenvalue weighted by Crippen LogP contribution is -2.09. The number of halogens is 1. The zero-order chi connectivity index (χ0) is 11.7. The monoisotopic (exact) mass is 231 g/mol. The Hall–Kier alpha value is -1.26. The fourth-order valence-electron chi connectivity index (χ4n) is 0.676. The number of rotatable bonds is 3. The molecule has 1 aromatic rings. The third-order valence-corrected chi connectivity index (χ3v) is 1.43. The standard InChI is InChI=1S/C8H7ClO3.C2H7N/c9-6-1-3-7(4-2-6)12-5-8(10)11;1-3-2/h1-4H,5H2,(H,10,11);3H,1-2H3. The van der Waals surface area contributed by atoms with Crippen LogP contribution in [0, 0.1) is 0 Å². The Morgan fingerprint density at radius 3 is 2.27 bits per heavy atom. The maximum absolute atomic E-state index is 10.1. The molecule has 0 heterocycles. The number of carboxylic acids is 1. The van der Waals surface area contributed by atoms with E-state index in [-0.39, 0.29) is 6.61 Å². The number of carbonyl (C=O) groups is 1. The molecule has 0 radical (unpaired) electrons. The summed E-state index contributed by atoms with van der Waals surface area (Å²) in [6.07, 6.45) is 0. The van der Waals surface area contributed by atoms with E-state index in [1.54, 1.807) is 24.3 Å². The van der Waals surface area contributed by atoms with Crippen molar-refractivity contribution in [3.8, 4) is 5.75 Å². The van der Waals surface area contributed by atoms with Gasteiger partial charge in [0.05, 0.1) is 0 Å². The first-order chi connectivity index (χ1) is 7.10. The molecular formula is C10H14ClNO3. The molecule has 0 spiro atoms. The van der Waals surface area contributed by atoms with Crippen molar-refractivity contribution in [1.29, 1.82) is 0 Å². The molecule has 0 atom stereocenters. The summed E-state index contributed by atoms with van der Waals surface area (Å²) in [6, 6.07) is 6.51. The van der Waals surface area contributed by atoms with Crippen LogP contribution in [0.1, 0.15) is 0 Å². The SMILES string of the molecule is CNC.O=C(O)COc1ccc(Cl)cc1. The first-order valence-corrected chi connectivity index (χ1v) is 4.66. The van der Waals surface area contributed by atoms with E-state index in [9.17, 15) is 4.79 Å². The summed E-state index contributed by atoms with van der Waals surface area (Å²) in [5.41, 5.74) is 0. The fraction of sp³-hybridized carbons (Fsp3) is 0.300. The molecule has 1 rings (SSSR count). The summed E-state index contributed by atoms with van der Waals surface area (Å²) < 4.78 is 4.86. The molecule has 0 bridgehead atoms. The van der Waals surface area contributed by atoms with Crippen molar-refractivity contribution in [2.45, 2.75) is 0 Å². The Labute approximate surface area is 93.8 Å². The van der Waals surface area contributed by atoms with Gasteiger partial charge >= 0.3 is 5.97 Å². The van der Waals surface area contributed by atoms with Gasteiger partial charge < -0.3 is 15.2 Å². The number of ether oxygens (including phenoxy) is 1. The van der Waals surface area contributed by atoms with E-state index in [1.165, 1.54) is 0 Å². The number of benzene rings is 1. The van der Waals surface area contributed by atoms with Crippen molar-refractivity contribution in [1.82, 2.24) is 5.32 Å². The third-order valence-electron chi connectivity index (χ3n) is 1.18. The first kappa shape index (κ1) is 13.7. The van der Waals surface area contributed by atoms with E-state index in [0.29, 0.717) is 10.8 Å². The Morgan fingerprint density at radius 2 is 1.87 bits per heavy atom. The average molecular weight is 232 g/mol. The van der Waals surface area contributed by atoms with E-state index in [1.807, 2.05) is 14.1 Å². The zero-order valence-electron chi connectivity index (χ0n) is 8.66. The molecule has 0 saturated heterocycles. The summed E-state index contributed by atoms with van der Waals surface area (Å²) in [4.78, 5) is 10.1. The van der Waals surface area contributed by atoms with E-state index in [0.717, 1.165) is 0 Å². The van der Waals surface area contributed by atoms with Gasteiger partial charge in [0, 0.05) is 5.02 Å². The number of hydrogen-bond acceptors (Lipinski definition) is 3. The van der Waals surface area contributed by atoms with Crippen LogP contribution in [0.4, 0.5) is 0 Å². The van der Waals surface area contributed by atoms with Gasteiger partial charge in [-0.25, -0.2) is 4.79 Å². The maximum Gasteiger partial charge on any atom is 0.341 e. The molecule has 0 fully saturated rings. The van der Waals surface area contributed by atoms with Crippen molar-refractivity contribution >= 4 is 17.6 Å². The van der Waals surface area contributed by atoms with Gasteiger partial charge in [0.1, 0.15) is 5.75 Å². The molecule has 0 unspecified atom stereocenters. The molecule has 4 nitrogen and oxygen atoms in total. The largest absolute Gasteiger partial charge is 0.482 e. The number of nitrogens with one attached hydrogen (secondary N) is 1. The Kier molecular flexibility index (Phi) is 7.40. The minimum absolute atomic E-state index is 0.332. The van der Waals surface area contributed by atoms with Crippen molar-refractivity contribution in [2.75, 3.05) is 20.7 Å². The van der Waals surface area contributed by atoms with Crippen LogP contribution in [0.25, 0.3) is 0 Å². The molecule has 0 aliphatic rings. The molecule has 2 N–H and O–H groups in total. The lowest BCUT2D eigenvalue weighted by molar-refractivity contribution is -0.139. The van der Waals surface area contributed by atoms with Crippen molar-refractivity contribution < 1.29 is 14.6 Å². The van der Waals surface area contributed by atoms with E-state index in [4.69, 9.17) is 21.4 Å². The molecular weight excluding hydrogens is 218 g/mol. The number of carboxylic acid groups (broad SMARTS) is 1. The highest BCUT2D eigenvalue weighted by molar-refractivity contribution is 6.30. The molecule has 0 saturated carbocycles. The fourth-order valence-corrected chi connectivity index (χ4v) is 0.802. The smallest absolute Gasteiger partial charge is 0.341 e. The van der Waals surface area contributed by atoms with Crippen LogP contribution < -0.4 is 10.1 Å². The van der Waals surface area contributed by atoms with Crippen LogP contribution in [0.5, 0.6) is 5.75 Å². The van der Waals surface area contributed by atoms with Gasteiger partial charge in [-0.3, -0.25) is 0 Å². The highest BCUT2D eigenvalue weighted by atomic mass is 35.5. The molecule has 84 valence electrons. The zero-order valence-corrected chi connectivity index (χ0v) is 9.41. The molecule has 1 aromatic carbocycles. The predicted molar refractivity (Wildman–Crippen MR) is 59.6 cm³/mol. The second kappa shape index (κ2) is 8.08.